The van der Waals surface area contributed by atoms with E-state index in [1.165, 1.54) is 24.3 Å². The quantitative estimate of drug-likeness (QED) is 0.401. The average molecular weight is 321 g/mol. The predicted octanol–water partition coefficient (Wildman–Crippen LogP) is 3.76. The second-order valence-corrected chi connectivity index (χ2v) is 5.28. The molecule has 0 radical (unpaired) electrons. The molecule has 0 fully saturated rings. The van der Waals surface area contributed by atoms with Crippen LogP contribution in [0.3, 0.4) is 0 Å². The number of amides is 1. The largest absolute Gasteiger partial charge is 0.321 e. The molecular weight excluding hydrogens is 306 g/mol. The van der Waals surface area contributed by atoms with Gasteiger partial charge < -0.3 is 5.32 Å². The van der Waals surface area contributed by atoms with Crippen LogP contribution in [0, 0.1) is 35.3 Å². The van der Waals surface area contributed by atoms with Crippen molar-refractivity contribution in [2.24, 2.45) is 0 Å². The Morgan fingerprint density at radius 2 is 1.96 bits per heavy atom. The topological polar surface area (TPSA) is 96.0 Å². The summed E-state index contributed by atoms with van der Waals surface area (Å²) in [7, 11) is 0. The van der Waals surface area contributed by atoms with Gasteiger partial charge in [-0.05, 0) is 48.7 Å². The summed E-state index contributed by atoms with van der Waals surface area (Å²) in [6.45, 7) is 3.89. The van der Waals surface area contributed by atoms with Crippen LogP contribution in [0.4, 0.5) is 11.4 Å². The van der Waals surface area contributed by atoms with Gasteiger partial charge >= 0.3 is 0 Å². The minimum atomic E-state index is -0.563. The standard InChI is InChI=1S/C18H15N3O3/c1-12-6-7-16(8-13(12)2)20-18(22)15(11-19)9-14-4-3-5-17(10-14)21(23)24/h3-10H,1-2H3,(H,20,22)/b15-9+. The first-order chi connectivity index (χ1) is 11.4. The first-order valence-electron chi connectivity index (χ1n) is 7.15. The number of nitro groups is 1. The van der Waals surface area contributed by atoms with Crippen molar-refractivity contribution in [2.75, 3.05) is 5.32 Å². The molecule has 0 saturated heterocycles. The van der Waals surface area contributed by atoms with Crippen LogP contribution in [0.2, 0.25) is 0 Å². The van der Waals surface area contributed by atoms with Gasteiger partial charge in [-0.3, -0.25) is 14.9 Å². The Labute approximate surface area is 139 Å². The molecule has 0 spiro atoms. The van der Waals surface area contributed by atoms with E-state index in [9.17, 15) is 20.2 Å². The highest BCUT2D eigenvalue weighted by atomic mass is 16.6. The van der Waals surface area contributed by atoms with Crippen molar-refractivity contribution >= 4 is 23.4 Å². The molecule has 0 aliphatic carbocycles. The van der Waals surface area contributed by atoms with Gasteiger partial charge in [-0.15, -0.1) is 0 Å². The zero-order valence-corrected chi connectivity index (χ0v) is 13.2. The van der Waals surface area contributed by atoms with E-state index in [4.69, 9.17) is 0 Å². The van der Waals surface area contributed by atoms with Crippen molar-refractivity contribution in [2.45, 2.75) is 13.8 Å². The fraction of sp³-hybridized carbons (Fsp3) is 0.111. The first-order valence-corrected chi connectivity index (χ1v) is 7.15. The summed E-state index contributed by atoms with van der Waals surface area (Å²) in [5.41, 5.74) is 2.89. The molecule has 6 nitrogen and oxygen atoms in total. The number of hydrogen-bond donors (Lipinski definition) is 1. The molecule has 2 rings (SSSR count). The van der Waals surface area contributed by atoms with E-state index in [0.29, 0.717) is 11.3 Å². The van der Waals surface area contributed by atoms with Crippen molar-refractivity contribution in [3.05, 3.63) is 74.8 Å². The van der Waals surface area contributed by atoms with Gasteiger partial charge in [0.1, 0.15) is 11.6 Å². The summed E-state index contributed by atoms with van der Waals surface area (Å²) >= 11 is 0. The molecule has 1 N–H and O–H groups in total. The highest BCUT2D eigenvalue weighted by Gasteiger charge is 2.11. The van der Waals surface area contributed by atoms with Gasteiger partial charge in [0.15, 0.2) is 0 Å². The lowest BCUT2D eigenvalue weighted by Crippen LogP contribution is -2.13. The SMILES string of the molecule is Cc1ccc(NC(=O)/C(C#N)=C/c2cccc([N+](=O)[O-])c2)cc1C. The van der Waals surface area contributed by atoms with Crippen molar-refractivity contribution in [3.63, 3.8) is 0 Å². The second-order valence-electron chi connectivity index (χ2n) is 5.28. The Bertz CT molecular complexity index is 879. The number of carbonyl (C=O) groups is 1. The Balaban J connectivity index is 2.25. The van der Waals surface area contributed by atoms with E-state index in [-0.39, 0.29) is 11.3 Å². The molecule has 0 saturated carbocycles. The Hall–Kier alpha value is -3.46. The summed E-state index contributed by atoms with van der Waals surface area (Å²) in [6, 6.07) is 13.0. The molecule has 2 aromatic rings. The Kier molecular flexibility index (Phi) is 5.07. The molecule has 0 atom stereocenters. The molecule has 0 unspecified atom stereocenters. The number of nitriles is 1. The van der Waals surface area contributed by atoms with E-state index in [0.717, 1.165) is 11.1 Å². The molecule has 0 aliphatic rings. The molecule has 6 heteroatoms. The fourth-order valence-corrected chi connectivity index (χ4v) is 2.06. The third-order valence-electron chi connectivity index (χ3n) is 3.52. The van der Waals surface area contributed by atoms with Crippen molar-refractivity contribution in [3.8, 4) is 6.07 Å². The lowest BCUT2D eigenvalue weighted by molar-refractivity contribution is -0.384. The number of non-ortho nitro benzene ring substituents is 1. The Morgan fingerprint density at radius 1 is 1.21 bits per heavy atom. The van der Waals surface area contributed by atoms with Crippen LogP contribution < -0.4 is 5.32 Å². The molecule has 0 bridgehead atoms. The summed E-state index contributed by atoms with van der Waals surface area (Å²) in [4.78, 5) is 22.5. The highest BCUT2D eigenvalue weighted by Crippen LogP contribution is 2.18. The normalized spacial score (nSPS) is 10.8. The van der Waals surface area contributed by atoms with Gasteiger partial charge in [-0.2, -0.15) is 5.26 Å². The number of carbonyl (C=O) groups excluding carboxylic acids is 1. The van der Waals surface area contributed by atoms with E-state index in [2.05, 4.69) is 5.32 Å². The van der Waals surface area contributed by atoms with Gasteiger partial charge in [0.25, 0.3) is 11.6 Å². The highest BCUT2D eigenvalue weighted by molar-refractivity contribution is 6.09. The molecule has 1 amide bonds. The molecular formula is C18H15N3O3. The van der Waals surface area contributed by atoms with Gasteiger partial charge in [-0.1, -0.05) is 18.2 Å². The number of benzene rings is 2. The van der Waals surface area contributed by atoms with Crippen molar-refractivity contribution in [1.82, 2.24) is 0 Å². The van der Waals surface area contributed by atoms with Crippen molar-refractivity contribution < 1.29 is 9.72 Å². The number of nitro benzene ring substituents is 1. The number of hydrogen-bond acceptors (Lipinski definition) is 4. The number of nitrogens with one attached hydrogen (secondary N) is 1. The second kappa shape index (κ2) is 7.20. The number of anilines is 1. The van der Waals surface area contributed by atoms with Crippen LogP contribution in [-0.2, 0) is 4.79 Å². The molecule has 120 valence electrons. The minimum Gasteiger partial charge on any atom is -0.321 e. The first kappa shape index (κ1) is 16.9. The average Bonchev–Trinajstić information content (AvgIpc) is 2.56. The third-order valence-corrected chi connectivity index (χ3v) is 3.52. The van der Waals surface area contributed by atoms with Gasteiger partial charge in [0.05, 0.1) is 4.92 Å². The van der Waals surface area contributed by atoms with E-state index >= 15 is 0 Å². The van der Waals surface area contributed by atoms with Crippen LogP contribution >= 0.6 is 0 Å². The maximum absolute atomic E-state index is 12.2. The minimum absolute atomic E-state index is 0.101. The molecule has 0 aromatic heterocycles. The van der Waals surface area contributed by atoms with Gasteiger partial charge in [0, 0.05) is 17.8 Å². The predicted molar refractivity (Wildman–Crippen MR) is 91.2 cm³/mol. The third kappa shape index (κ3) is 4.05. The molecule has 24 heavy (non-hydrogen) atoms. The smallest absolute Gasteiger partial charge is 0.270 e. The van der Waals surface area contributed by atoms with Gasteiger partial charge in [-0.25, -0.2) is 0 Å². The molecule has 0 aliphatic heterocycles. The number of aryl methyl sites for hydroxylation is 2. The summed E-state index contributed by atoms with van der Waals surface area (Å²) in [6.07, 6.45) is 1.32. The number of nitrogens with zero attached hydrogens (tertiary/aromatic N) is 2. The fourth-order valence-electron chi connectivity index (χ4n) is 2.06. The molecule has 0 heterocycles. The summed E-state index contributed by atoms with van der Waals surface area (Å²) in [5, 5.41) is 22.6. The van der Waals surface area contributed by atoms with Gasteiger partial charge in [0.2, 0.25) is 0 Å². The summed E-state index contributed by atoms with van der Waals surface area (Å²) < 4.78 is 0. The molecule has 2 aromatic carbocycles. The van der Waals surface area contributed by atoms with E-state index in [1.807, 2.05) is 32.0 Å². The van der Waals surface area contributed by atoms with Crippen LogP contribution in [-0.4, -0.2) is 10.8 Å². The maximum Gasteiger partial charge on any atom is 0.270 e. The van der Waals surface area contributed by atoms with E-state index < -0.39 is 10.8 Å². The number of rotatable bonds is 4. The van der Waals surface area contributed by atoms with Crippen LogP contribution in [0.25, 0.3) is 6.08 Å². The summed E-state index contributed by atoms with van der Waals surface area (Å²) in [5.74, 6) is -0.563. The van der Waals surface area contributed by atoms with Crippen LogP contribution in [0.5, 0.6) is 0 Å². The van der Waals surface area contributed by atoms with Crippen LogP contribution in [0.15, 0.2) is 48.0 Å². The van der Waals surface area contributed by atoms with Crippen LogP contribution in [0.1, 0.15) is 16.7 Å². The zero-order valence-electron chi connectivity index (χ0n) is 13.2. The Morgan fingerprint density at radius 3 is 2.58 bits per heavy atom. The lowest BCUT2D eigenvalue weighted by atomic mass is 10.1. The monoisotopic (exact) mass is 321 g/mol. The van der Waals surface area contributed by atoms with Crippen molar-refractivity contribution in [1.29, 1.82) is 5.26 Å². The zero-order chi connectivity index (χ0) is 17.7. The maximum atomic E-state index is 12.2. The lowest BCUT2D eigenvalue weighted by Gasteiger charge is -2.07. The van der Waals surface area contributed by atoms with E-state index in [1.54, 1.807) is 12.1 Å².